The third kappa shape index (κ3) is 7.71. The molecule has 0 N–H and O–H groups in total. The summed E-state index contributed by atoms with van der Waals surface area (Å²) >= 11 is 2.08. The Labute approximate surface area is 490 Å². The molecule has 0 amide bonds. The Morgan fingerprint density at radius 2 is 0.963 bits per heavy atom. The van der Waals surface area contributed by atoms with Crippen LogP contribution in [0.15, 0.2) is 133 Å². The first-order chi connectivity index (χ1) is 38.1. The van der Waals surface area contributed by atoms with Crippen molar-refractivity contribution in [2.45, 2.75) is 206 Å². The molecular formula is C76H86BN3S. The summed E-state index contributed by atoms with van der Waals surface area (Å²) in [6.07, 6.45) is 9.50. The second-order valence-electron chi connectivity index (χ2n) is 31.0. The van der Waals surface area contributed by atoms with E-state index in [9.17, 15) is 0 Å². The molecule has 3 aliphatic carbocycles. The zero-order chi connectivity index (χ0) is 56.9. The number of para-hydroxylation sites is 1. The number of hydrogen-bond donors (Lipinski definition) is 0. The highest BCUT2D eigenvalue weighted by Crippen LogP contribution is 2.63. The van der Waals surface area contributed by atoms with Crippen molar-refractivity contribution in [3.8, 4) is 11.1 Å². The number of fused-ring (bicyclic) bond motifs is 11. The number of thiophene rings is 1. The van der Waals surface area contributed by atoms with E-state index in [0.717, 1.165) is 12.8 Å². The third-order valence-electron chi connectivity index (χ3n) is 22.0. The molecule has 1 saturated carbocycles. The second-order valence-corrected chi connectivity index (χ2v) is 32.1. The van der Waals surface area contributed by atoms with Gasteiger partial charge in [-0.15, -0.1) is 11.3 Å². The van der Waals surface area contributed by atoms with E-state index in [1.54, 1.807) is 0 Å². The van der Waals surface area contributed by atoms with Gasteiger partial charge in [0.15, 0.2) is 0 Å². The largest absolute Gasteiger partial charge is 0.334 e. The molecule has 2 atom stereocenters. The van der Waals surface area contributed by atoms with Crippen LogP contribution in [-0.2, 0) is 37.9 Å². The second kappa shape index (κ2) is 17.3. The summed E-state index contributed by atoms with van der Waals surface area (Å²) in [6, 6.07) is 53.9. The van der Waals surface area contributed by atoms with E-state index in [1.165, 1.54) is 160 Å². The first-order valence-corrected chi connectivity index (χ1v) is 31.7. The van der Waals surface area contributed by atoms with Gasteiger partial charge in [0.1, 0.15) is 0 Å². The lowest BCUT2D eigenvalue weighted by Gasteiger charge is -2.51. The SMILES string of the molecule is CC(C)(C)c1cc(N2c3cc4c(cc3B3c5sc6cc7c(cc6c5N(c5ccc(-c6ccccc6)cc5)c5cc(N6c8ccccc8C8(C)CCCCC68C)cc2c53)C(C)(C)CCC7(C)C)C(C)(C)CCC4(C)C)cc(C(C)(C)C)c1. The molecule has 81 heavy (non-hydrogen) atoms. The van der Waals surface area contributed by atoms with Crippen molar-refractivity contribution in [3.05, 3.63) is 172 Å². The minimum Gasteiger partial charge on any atom is -0.334 e. The highest BCUT2D eigenvalue weighted by molar-refractivity contribution is 7.33. The Balaban J connectivity index is 1.16. The molecule has 0 saturated heterocycles. The molecule has 2 unspecified atom stereocenters. The molecule has 1 aromatic heterocycles. The van der Waals surface area contributed by atoms with Gasteiger partial charge in [-0.2, -0.15) is 0 Å². The van der Waals surface area contributed by atoms with Gasteiger partial charge in [-0.25, -0.2) is 0 Å². The number of benzene rings is 7. The molecule has 8 aromatic rings. The Hall–Kier alpha value is -6.04. The van der Waals surface area contributed by atoms with Gasteiger partial charge in [-0.1, -0.05) is 189 Å². The summed E-state index contributed by atoms with van der Waals surface area (Å²) in [5.74, 6) is 0. The van der Waals surface area contributed by atoms with E-state index < -0.39 is 0 Å². The average Bonchev–Trinajstić information content (AvgIpc) is 2.35. The van der Waals surface area contributed by atoms with Crippen molar-refractivity contribution in [3.63, 3.8) is 0 Å². The Kier molecular flexibility index (Phi) is 11.3. The maximum Gasteiger partial charge on any atom is 0.264 e. The molecule has 4 heterocycles. The van der Waals surface area contributed by atoms with Crippen LogP contribution in [0.5, 0.6) is 0 Å². The van der Waals surface area contributed by atoms with Gasteiger partial charge in [0.05, 0.1) is 11.2 Å². The van der Waals surface area contributed by atoms with Gasteiger partial charge in [0.2, 0.25) is 0 Å². The summed E-state index contributed by atoms with van der Waals surface area (Å²) in [7, 11) is 0. The van der Waals surface area contributed by atoms with Crippen LogP contribution in [0.2, 0.25) is 0 Å². The third-order valence-corrected chi connectivity index (χ3v) is 23.2. The van der Waals surface area contributed by atoms with Crippen molar-refractivity contribution < 1.29 is 0 Å². The van der Waals surface area contributed by atoms with Crippen molar-refractivity contribution >= 4 is 89.3 Å². The van der Waals surface area contributed by atoms with Crippen LogP contribution in [-0.4, -0.2) is 12.3 Å². The van der Waals surface area contributed by atoms with Gasteiger partial charge in [-0.3, -0.25) is 0 Å². The predicted octanol–water partition coefficient (Wildman–Crippen LogP) is 19.7. The zero-order valence-corrected chi connectivity index (χ0v) is 52.5. The fourth-order valence-electron chi connectivity index (χ4n) is 16.4. The highest BCUT2D eigenvalue weighted by atomic mass is 32.1. The predicted molar refractivity (Wildman–Crippen MR) is 352 cm³/mol. The molecule has 1 fully saturated rings. The normalized spacial score (nSPS) is 22.6. The first kappa shape index (κ1) is 53.0. The van der Waals surface area contributed by atoms with Crippen LogP contribution in [0.3, 0.4) is 0 Å². The standard InChI is InChI=1S/C76H86BN3S/c1-69(2,3)49-38-50(70(4,5)6)40-52(39-49)78-62-45-58-57(72(9,10)35-36-73(58,11)12)44-60(62)77-66-63(78)41-53(80-61-27-21-20-26-55(61)75(15)32-22-23-33-76(75,80)16)42-64(66)79(51-30-28-48(29-31-51)47-24-18-17-19-25-47)67-54-43-56-59(46-65(54)81-68(67)77)74(13,14)37-34-71(56,7)8/h17-21,24-31,38-46H,22-23,32-37H2,1-16H3. The van der Waals surface area contributed by atoms with E-state index in [-0.39, 0.29) is 50.2 Å². The molecule has 414 valence electrons. The molecule has 0 spiro atoms. The maximum atomic E-state index is 2.85. The molecular weight excluding hydrogens is 998 g/mol. The Bertz CT molecular complexity index is 3880. The summed E-state index contributed by atoms with van der Waals surface area (Å²) in [6.45, 7) is 39.7. The topological polar surface area (TPSA) is 9.72 Å². The van der Waals surface area contributed by atoms with Crippen LogP contribution in [0, 0.1) is 0 Å². The highest BCUT2D eigenvalue weighted by Gasteiger charge is 2.58. The number of nitrogens with zero attached hydrogens (tertiary/aromatic N) is 3. The van der Waals surface area contributed by atoms with E-state index in [2.05, 4.69) is 270 Å². The summed E-state index contributed by atoms with van der Waals surface area (Å²) in [5, 5.41) is 1.39. The molecule has 3 aliphatic heterocycles. The molecule has 5 heteroatoms. The lowest BCUT2D eigenvalue weighted by Crippen LogP contribution is -2.61. The minimum atomic E-state index is -0.137. The number of hydrogen-bond acceptors (Lipinski definition) is 4. The van der Waals surface area contributed by atoms with Crippen LogP contribution in [0.4, 0.5) is 45.5 Å². The summed E-state index contributed by atoms with van der Waals surface area (Å²) in [4.78, 5) is 8.41. The summed E-state index contributed by atoms with van der Waals surface area (Å²) < 4.78 is 2.86. The van der Waals surface area contributed by atoms with Gasteiger partial charge in [0.25, 0.3) is 6.71 Å². The van der Waals surface area contributed by atoms with Crippen LogP contribution < -0.4 is 30.4 Å². The minimum absolute atomic E-state index is 0.000937. The molecule has 0 radical (unpaired) electrons. The smallest absolute Gasteiger partial charge is 0.264 e. The molecule has 14 rings (SSSR count). The van der Waals surface area contributed by atoms with Crippen molar-refractivity contribution in [2.24, 2.45) is 0 Å². The quantitative estimate of drug-likeness (QED) is 0.163. The zero-order valence-electron chi connectivity index (χ0n) is 51.7. The van der Waals surface area contributed by atoms with Crippen LogP contribution in [0.25, 0.3) is 21.2 Å². The lowest BCUT2D eigenvalue weighted by atomic mass is 9.35. The van der Waals surface area contributed by atoms with E-state index in [0.29, 0.717) is 0 Å². The summed E-state index contributed by atoms with van der Waals surface area (Å²) in [5.41, 5.74) is 26.0. The van der Waals surface area contributed by atoms with Crippen molar-refractivity contribution in [2.75, 3.05) is 14.7 Å². The van der Waals surface area contributed by atoms with Gasteiger partial charge in [-0.05, 0) is 200 Å². The fraction of sp³-hybridized carbons (Fsp3) is 0.421. The first-order valence-electron chi connectivity index (χ1n) is 30.9. The van der Waals surface area contributed by atoms with Gasteiger partial charge < -0.3 is 14.7 Å². The molecule has 0 bridgehead atoms. The van der Waals surface area contributed by atoms with Crippen LogP contribution >= 0.6 is 11.3 Å². The number of rotatable bonds is 4. The monoisotopic (exact) mass is 1080 g/mol. The molecule has 3 nitrogen and oxygen atoms in total. The molecule has 7 aromatic carbocycles. The number of anilines is 8. The van der Waals surface area contributed by atoms with E-state index >= 15 is 0 Å². The van der Waals surface area contributed by atoms with Gasteiger partial charge in [0, 0.05) is 60.1 Å². The van der Waals surface area contributed by atoms with Crippen molar-refractivity contribution in [1.29, 1.82) is 0 Å². The Morgan fingerprint density at radius 3 is 1.58 bits per heavy atom. The molecule has 6 aliphatic rings. The van der Waals surface area contributed by atoms with Gasteiger partial charge >= 0.3 is 0 Å². The fourth-order valence-corrected chi connectivity index (χ4v) is 17.7. The van der Waals surface area contributed by atoms with E-state index in [4.69, 9.17) is 0 Å². The average molecular weight is 1080 g/mol. The maximum absolute atomic E-state index is 2.85. The van der Waals surface area contributed by atoms with Crippen LogP contribution in [0.1, 0.15) is 201 Å². The van der Waals surface area contributed by atoms with Crippen molar-refractivity contribution in [1.82, 2.24) is 0 Å². The van der Waals surface area contributed by atoms with E-state index in [1.807, 2.05) is 0 Å². The Morgan fingerprint density at radius 1 is 0.432 bits per heavy atom. The lowest BCUT2D eigenvalue weighted by molar-refractivity contribution is 0.195.